The summed E-state index contributed by atoms with van der Waals surface area (Å²) in [6.07, 6.45) is 31.1. The molecular formula is C81H112O16. The third-order valence-corrected chi connectivity index (χ3v) is 16.4. The lowest BCUT2D eigenvalue weighted by atomic mass is 9.89. The van der Waals surface area contributed by atoms with Gasteiger partial charge in [0.15, 0.2) is 0 Å². The molecule has 0 spiro atoms. The molecule has 0 saturated carbocycles. The summed E-state index contributed by atoms with van der Waals surface area (Å²) in [5.41, 5.74) is 11.7. The van der Waals surface area contributed by atoms with Crippen molar-refractivity contribution < 1.29 is 76.1 Å². The van der Waals surface area contributed by atoms with Crippen molar-refractivity contribution in [1.82, 2.24) is 0 Å². The van der Waals surface area contributed by atoms with Crippen molar-refractivity contribution in [2.24, 2.45) is 0 Å². The summed E-state index contributed by atoms with van der Waals surface area (Å²) in [7, 11) is 2.47. The molecule has 0 heterocycles. The Bertz CT molecular complexity index is 3120. The van der Waals surface area contributed by atoms with E-state index in [2.05, 4.69) is 106 Å². The van der Waals surface area contributed by atoms with E-state index >= 15 is 0 Å². The first kappa shape index (κ1) is 81.3. The lowest BCUT2D eigenvalue weighted by Crippen LogP contribution is -2.12. The van der Waals surface area contributed by atoms with Gasteiger partial charge in [0.1, 0.15) is 23.0 Å². The minimum atomic E-state index is -0.679. The summed E-state index contributed by atoms with van der Waals surface area (Å²) in [5.74, 6) is -0.724. The largest absolute Gasteiger partial charge is 0.493 e. The van der Waals surface area contributed by atoms with Gasteiger partial charge >= 0.3 is 35.8 Å². The topological polar surface area (TPSA) is 195 Å². The number of esters is 6. The first-order valence-electron chi connectivity index (χ1n) is 35.7. The molecule has 0 aliphatic rings. The van der Waals surface area contributed by atoms with E-state index in [1.165, 1.54) is 43.4 Å². The molecule has 0 aliphatic carbocycles. The number of rotatable bonds is 53. The van der Waals surface area contributed by atoms with Crippen molar-refractivity contribution >= 4 is 35.8 Å². The summed E-state index contributed by atoms with van der Waals surface area (Å²) < 4.78 is 58.7. The van der Waals surface area contributed by atoms with Gasteiger partial charge in [0.2, 0.25) is 0 Å². The molecule has 4 aromatic carbocycles. The molecule has 0 N–H and O–H groups in total. The highest BCUT2D eigenvalue weighted by atomic mass is 16.6. The highest BCUT2D eigenvalue weighted by molar-refractivity contribution is 5.92. The zero-order chi connectivity index (χ0) is 70.3. The van der Waals surface area contributed by atoms with E-state index in [0.29, 0.717) is 63.1 Å². The SMILES string of the molecule is C=CC(=O)OCCCOc1c(CC)cc(CCCCCC)cc1Cc1cc(CCCCCC)cc(Cc2cc(CCCCCC)cc(Cc3cc(CCCCCC)ccc3OCCCOC(=O)/C=C\C(=O)OC)c2OCCCOC(=O)/C=C\C(=O)OC)c1OCCCOC(=O)C=C. The van der Waals surface area contributed by atoms with Crippen molar-refractivity contribution in [2.75, 3.05) is 67.1 Å². The molecule has 0 amide bonds. The smallest absolute Gasteiger partial charge is 0.331 e. The van der Waals surface area contributed by atoms with E-state index in [9.17, 15) is 28.8 Å². The second-order valence-electron chi connectivity index (χ2n) is 24.4. The molecule has 0 radical (unpaired) electrons. The average molecular weight is 1340 g/mol. The van der Waals surface area contributed by atoms with Gasteiger partial charge in [-0.3, -0.25) is 0 Å². The van der Waals surface area contributed by atoms with Crippen LogP contribution in [0, 0.1) is 0 Å². The monoisotopic (exact) mass is 1340 g/mol. The van der Waals surface area contributed by atoms with Crippen LogP contribution in [0.5, 0.6) is 23.0 Å². The Kier molecular flexibility index (Phi) is 41.4. The van der Waals surface area contributed by atoms with Gasteiger partial charge in [-0.2, -0.15) is 0 Å². The zero-order valence-corrected chi connectivity index (χ0v) is 59.6. The van der Waals surface area contributed by atoms with E-state index in [-0.39, 0.29) is 46.2 Å². The molecule has 4 rings (SSSR count). The lowest BCUT2D eigenvalue weighted by Gasteiger charge is -2.23. The fourth-order valence-corrected chi connectivity index (χ4v) is 11.3. The minimum absolute atomic E-state index is 0.0250. The number of benzene rings is 4. The van der Waals surface area contributed by atoms with E-state index in [1.54, 1.807) is 0 Å². The molecule has 532 valence electrons. The summed E-state index contributed by atoms with van der Waals surface area (Å²) in [5, 5.41) is 0. The van der Waals surface area contributed by atoms with E-state index in [1.807, 2.05) is 6.07 Å². The van der Waals surface area contributed by atoms with Crippen LogP contribution in [0.25, 0.3) is 0 Å². The van der Waals surface area contributed by atoms with Crippen LogP contribution in [-0.2, 0) is 109 Å². The molecule has 0 unspecified atom stereocenters. The normalized spacial score (nSPS) is 11.1. The van der Waals surface area contributed by atoms with Gasteiger partial charge < -0.3 is 47.4 Å². The van der Waals surface area contributed by atoms with E-state index in [0.717, 1.165) is 215 Å². The zero-order valence-electron chi connectivity index (χ0n) is 59.6. The molecule has 16 nitrogen and oxygen atoms in total. The van der Waals surface area contributed by atoms with Crippen molar-refractivity contribution in [3.05, 3.63) is 165 Å². The van der Waals surface area contributed by atoms with Crippen LogP contribution in [0.3, 0.4) is 0 Å². The lowest BCUT2D eigenvalue weighted by molar-refractivity contribution is -0.139. The second-order valence-corrected chi connectivity index (χ2v) is 24.4. The fraction of sp³-hybridized carbons (Fsp3) is 0.531. The van der Waals surface area contributed by atoms with Gasteiger partial charge in [-0.15, -0.1) is 0 Å². The third-order valence-electron chi connectivity index (χ3n) is 16.4. The standard InChI is InChI=1S/C81H112O16/c1-10-17-21-25-33-61-37-38-72(90-43-29-46-93-77(86)41-39-75(84)88-8)66(51-61)58-67-54-63(35-27-23-19-12-3)55-70(80(67)96-50-32-47-94-78(87)42-40-76(85)89-9)60-71-57-64(36-28-24-20-13-4)56-69(81(71)97-49-31-45-92-74(83)16-7)59-68-53-62(34-26-22-18-11-2)52-65(14-5)79(68)95-48-30-44-91-73(82)15-6/h15-16,37-42,51-57H,6-7,10-14,17-36,43-50,58-60H2,1-5,8-9H3/b41-39-,42-40-. The van der Waals surface area contributed by atoms with E-state index in [4.69, 9.17) is 37.9 Å². The van der Waals surface area contributed by atoms with Crippen molar-refractivity contribution in [2.45, 2.75) is 214 Å². The van der Waals surface area contributed by atoms with Crippen LogP contribution in [0.4, 0.5) is 0 Å². The van der Waals surface area contributed by atoms with Crippen molar-refractivity contribution in [3.8, 4) is 23.0 Å². The summed E-state index contributed by atoms with van der Waals surface area (Å²) in [6, 6.07) is 20.1. The number of unbranched alkanes of at least 4 members (excludes halogenated alkanes) is 12. The molecule has 16 heteroatoms. The molecule has 0 atom stereocenters. The summed E-state index contributed by atoms with van der Waals surface area (Å²) >= 11 is 0. The fourth-order valence-electron chi connectivity index (χ4n) is 11.3. The van der Waals surface area contributed by atoms with Gasteiger partial charge in [0, 0.05) is 81.4 Å². The Morgan fingerprint density at radius 3 is 0.959 bits per heavy atom. The molecule has 4 aromatic rings. The van der Waals surface area contributed by atoms with Gasteiger partial charge in [0.05, 0.1) is 67.1 Å². The third kappa shape index (κ3) is 32.6. The van der Waals surface area contributed by atoms with Crippen LogP contribution in [0.15, 0.2) is 104 Å². The average Bonchev–Trinajstić information content (AvgIpc) is 0.791. The quantitative estimate of drug-likeness (QED) is 0.0175. The highest BCUT2D eigenvalue weighted by Gasteiger charge is 2.23. The van der Waals surface area contributed by atoms with Crippen LogP contribution in [0.2, 0.25) is 0 Å². The summed E-state index contributed by atoms with van der Waals surface area (Å²) in [4.78, 5) is 73.0. The number of hydrogen-bond donors (Lipinski definition) is 0. The number of aryl methyl sites for hydroxylation is 5. The number of carbonyl (C=O) groups is 6. The highest BCUT2D eigenvalue weighted by Crippen LogP contribution is 2.40. The van der Waals surface area contributed by atoms with Gasteiger partial charge in [-0.05, 0) is 125 Å². The molecule has 0 saturated heterocycles. The van der Waals surface area contributed by atoms with Crippen LogP contribution < -0.4 is 18.9 Å². The Balaban J connectivity index is 2.04. The Hall–Kier alpha value is -8.14. The maximum Gasteiger partial charge on any atom is 0.331 e. The Morgan fingerprint density at radius 1 is 0.320 bits per heavy atom. The first-order chi connectivity index (χ1) is 47.2. The molecule has 0 aliphatic heterocycles. The maximum absolute atomic E-state index is 12.8. The van der Waals surface area contributed by atoms with Gasteiger partial charge in [0.25, 0.3) is 0 Å². The minimum Gasteiger partial charge on any atom is -0.493 e. The predicted molar refractivity (Wildman–Crippen MR) is 382 cm³/mol. The number of carbonyl (C=O) groups excluding carboxylic acids is 6. The molecule has 0 fully saturated rings. The Labute approximate surface area is 579 Å². The first-order valence-corrected chi connectivity index (χ1v) is 35.7. The number of methoxy groups -OCH3 is 2. The predicted octanol–water partition coefficient (Wildman–Crippen LogP) is 16.6. The van der Waals surface area contributed by atoms with Crippen LogP contribution >= 0.6 is 0 Å². The number of ether oxygens (including phenoxy) is 10. The van der Waals surface area contributed by atoms with Crippen molar-refractivity contribution in [3.63, 3.8) is 0 Å². The maximum atomic E-state index is 12.8. The van der Waals surface area contributed by atoms with Gasteiger partial charge in [-0.1, -0.05) is 173 Å². The number of hydrogen-bond acceptors (Lipinski definition) is 16. The van der Waals surface area contributed by atoms with E-state index < -0.39 is 35.8 Å². The molecule has 97 heavy (non-hydrogen) atoms. The second kappa shape index (κ2) is 49.4. The molecular weight excluding hydrogens is 1230 g/mol. The van der Waals surface area contributed by atoms with Crippen LogP contribution in [-0.4, -0.2) is 103 Å². The van der Waals surface area contributed by atoms with Crippen molar-refractivity contribution in [1.29, 1.82) is 0 Å². The molecule has 0 aromatic heterocycles. The molecule has 0 bridgehead atoms. The summed E-state index contributed by atoms with van der Waals surface area (Å²) in [6.45, 7) is 19.6. The van der Waals surface area contributed by atoms with Gasteiger partial charge in [-0.25, -0.2) is 28.8 Å². The van der Waals surface area contributed by atoms with Crippen LogP contribution in [0.1, 0.15) is 224 Å². The Morgan fingerprint density at radius 2 is 0.619 bits per heavy atom.